The maximum atomic E-state index is 13.8. The number of hydrogen-bond acceptors (Lipinski definition) is 7. The Labute approximate surface area is 201 Å². The summed E-state index contributed by atoms with van der Waals surface area (Å²) in [5.74, 6) is -4.41. The molecule has 1 radical (unpaired) electrons. The summed E-state index contributed by atoms with van der Waals surface area (Å²) in [6, 6.07) is 4.45. The summed E-state index contributed by atoms with van der Waals surface area (Å²) in [5, 5.41) is 10.9. The van der Waals surface area contributed by atoms with Crippen molar-refractivity contribution in [2.24, 2.45) is 5.92 Å². The highest BCUT2D eigenvalue weighted by Gasteiger charge is 2.36. The van der Waals surface area contributed by atoms with Crippen LogP contribution in [0.25, 0.3) is 0 Å². The molecule has 1 aromatic carbocycles. The van der Waals surface area contributed by atoms with Crippen molar-refractivity contribution in [3.05, 3.63) is 47.6 Å². The first-order valence-electron chi connectivity index (χ1n) is 10.6. The molecule has 8 nitrogen and oxygen atoms in total. The third-order valence-corrected chi connectivity index (χ3v) is 7.65. The van der Waals surface area contributed by atoms with Gasteiger partial charge in [-0.1, -0.05) is 29.7 Å². The van der Waals surface area contributed by atoms with Crippen LogP contribution in [0.5, 0.6) is 11.8 Å². The molecule has 1 aliphatic rings. The van der Waals surface area contributed by atoms with Gasteiger partial charge in [0.1, 0.15) is 18.2 Å². The molecule has 1 fully saturated rings. The molecule has 34 heavy (non-hydrogen) atoms. The molecule has 2 heterocycles. The minimum Gasteiger partial charge on any atom is -0.484 e. The molecular weight excluding hydrogens is 493 g/mol. The second-order valence-electron chi connectivity index (χ2n) is 7.86. The van der Waals surface area contributed by atoms with Gasteiger partial charge in [0.25, 0.3) is 5.92 Å². The standard InChI is InChI=1S/C21H25ClF3N4O4Si/c1-3-7-21(24,25)13(2)10-32-20-28-27-19(33-20)17-6-8-34(12-26-17)29-18(30)11-31-14-4-5-15(22)16(23)9-14/h3-5,9,13,17,26H,1,6-8,10-12H2,2H3,(H,29,30)/t13?,17-/m1/s1. The average Bonchev–Trinajstić information content (AvgIpc) is 3.28. The first-order valence-corrected chi connectivity index (χ1v) is 12.9. The van der Waals surface area contributed by atoms with Gasteiger partial charge in [0, 0.05) is 18.7 Å². The van der Waals surface area contributed by atoms with Crippen LogP contribution in [0.4, 0.5) is 13.2 Å². The fourth-order valence-corrected chi connectivity index (χ4v) is 5.26. The number of allylic oxidation sites excluding steroid dienone is 1. The minimum atomic E-state index is -2.94. The van der Waals surface area contributed by atoms with E-state index in [0.717, 1.165) is 12.1 Å². The van der Waals surface area contributed by atoms with Crippen LogP contribution in [0, 0.1) is 11.7 Å². The lowest BCUT2D eigenvalue weighted by molar-refractivity contribution is -0.121. The summed E-state index contributed by atoms with van der Waals surface area (Å²) in [7, 11) is -1.24. The zero-order valence-electron chi connectivity index (χ0n) is 18.5. The molecule has 0 bridgehead atoms. The fourth-order valence-electron chi connectivity index (χ4n) is 3.15. The van der Waals surface area contributed by atoms with Crippen LogP contribution in [0.15, 0.2) is 35.3 Å². The largest absolute Gasteiger partial charge is 0.484 e. The molecule has 0 spiro atoms. The van der Waals surface area contributed by atoms with Crippen LogP contribution in [0.2, 0.25) is 11.1 Å². The molecular formula is C21H25ClF3N4O4Si. The Balaban J connectivity index is 1.40. The topological polar surface area (TPSA) is 98.5 Å². The zero-order valence-corrected chi connectivity index (χ0v) is 20.2. The molecule has 2 aromatic rings. The van der Waals surface area contributed by atoms with Crippen molar-refractivity contribution in [3.8, 4) is 11.8 Å². The van der Waals surface area contributed by atoms with Crippen molar-refractivity contribution in [2.75, 3.05) is 19.4 Å². The highest BCUT2D eigenvalue weighted by Crippen LogP contribution is 2.29. The van der Waals surface area contributed by atoms with Crippen LogP contribution < -0.4 is 19.8 Å². The quantitative estimate of drug-likeness (QED) is 0.345. The van der Waals surface area contributed by atoms with Gasteiger partial charge >= 0.3 is 6.08 Å². The molecule has 1 saturated heterocycles. The average molecular weight is 518 g/mol. The Hall–Kier alpha value is -2.57. The zero-order chi connectivity index (χ0) is 24.7. The van der Waals surface area contributed by atoms with E-state index in [1.807, 2.05) is 0 Å². The Morgan fingerprint density at radius 1 is 1.47 bits per heavy atom. The third kappa shape index (κ3) is 7.21. The van der Waals surface area contributed by atoms with Gasteiger partial charge in [-0.15, -0.1) is 11.7 Å². The first kappa shape index (κ1) is 26.0. The number of aromatic nitrogens is 2. The number of amides is 1. The summed E-state index contributed by atoms with van der Waals surface area (Å²) < 4.78 is 57.1. The molecule has 1 aromatic heterocycles. The van der Waals surface area contributed by atoms with Gasteiger partial charge in [-0.2, -0.15) is 0 Å². The van der Waals surface area contributed by atoms with Crippen molar-refractivity contribution in [1.29, 1.82) is 0 Å². The van der Waals surface area contributed by atoms with Crippen molar-refractivity contribution < 1.29 is 31.9 Å². The number of carbonyl (C=O) groups excluding carboxylic acids is 1. The molecule has 13 heteroatoms. The van der Waals surface area contributed by atoms with Crippen LogP contribution >= 0.6 is 11.6 Å². The Morgan fingerprint density at radius 2 is 2.26 bits per heavy atom. The second-order valence-corrected chi connectivity index (χ2v) is 10.6. The molecule has 1 unspecified atom stereocenters. The first-order chi connectivity index (χ1) is 16.2. The molecule has 1 aliphatic heterocycles. The summed E-state index contributed by atoms with van der Waals surface area (Å²) in [6.45, 7) is 4.20. The summed E-state index contributed by atoms with van der Waals surface area (Å²) in [6.07, 6.45) is 1.73. The molecule has 185 valence electrons. The smallest absolute Gasteiger partial charge is 0.414 e. The van der Waals surface area contributed by atoms with Gasteiger partial charge in [0.2, 0.25) is 11.8 Å². The lowest BCUT2D eigenvalue weighted by Crippen LogP contribution is -2.51. The Bertz CT molecular complexity index is 989. The van der Waals surface area contributed by atoms with E-state index < -0.39 is 33.0 Å². The predicted octanol–water partition coefficient (Wildman–Crippen LogP) is 3.85. The summed E-state index contributed by atoms with van der Waals surface area (Å²) >= 11 is 5.62. The lowest BCUT2D eigenvalue weighted by Gasteiger charge is -2.26. The monoisotopic (exact) mass is 517 g/mol. The Morgan fingerprint density at radius 3 is 2.94 bits per heavy atom. The number of alkyl halides is 2. The summed E-state index contributed by atoms with van der Waals surface area (Å²) in [4.78, 5) is 15.1. The van der Waals surface area contributed by atoms with Crippen LogP contribution in [0.3, 0.4) is 0 Å². The number of rotatable bonds is 11. The number of nitrogens with one attached hydrogen (secondary N) is 2. The number of carbonyl (C=O) groups is 1. The number of hydrogen-bond donors (Lipinski definition) is 2. The highest BCUT2D eigenvalue weighted by molar-refractivity contribution is 6.59. The molecule has 2 atom stereocenters. The third-order valence-electron chi connectivity index (χ3n) is 5.19. The van der Waals surface area contributed by atoms with Crippen molar-refractivity contribution >= 4 is 26.5 Å². The Kier molecular flexibility index (Phi) is 8.97. The van der Waals surface area contributed by atoms with E-state index in [2.05, 4.69) is 27.1 Å². The number of ether oxygens (including phenoxy) is 2. The molecule has 0 aliphatic carbocycles. The van der Waals surface area contributed by atoms with Crippen molar-refractivity contribution in [3.63, 3.8) is 0 Å². The maximum Gasteiger partial charge on any atom is 0.414 e. The van der Waals surface area contributed by atoms with E-state index in [-0.39, 0.29) is 42.0 Å². The SMILES string of the molecule is C=CCC(F)(F)C(C)COc1nnc([C@H]2CC[Si](NC(=O)COc3ccc(Cl)c(F)c3)CN2)o1. The van der Waals surface area contributed by atoms with E-state index in [1.165, 1.54) is 25.1 Å². The lowest BCUT2D eigenvalue weighted by atomic mass is 10.0. The number of nitrogens with zero attached hydrogens (tertiary/aromatic N) is 2. The molecule has 2 N–H and O–H groups in total. The van der Waals surface area contributed by atoms with Crippen LogP contribution in [0.1, 0.15) is 31.7 Å². The van der Waals surface area contributed by atoms with Crippen LogP contribution in [-0.4, -0.2) is 50.4 Å². The van der Waals surface area contributed by atoms with E-state index in [9.17, 15) is 18.0 Å². The fraction of sp³-hybridized carbons (Fsp3) is 0.476. The van der Waals surface area contributed by atoms with Gasteiger partial charge in [-0.3, -0.25) is 4.79 Å². The van der Waals surface area contributed by atoms with E-state index >= 15 is 0 Å². The van der Waals surface area contributed by atoms with Crippen molar-refractivity contribution in [2.45, 2.75) is 37.8 Å². The normalized spacial score (nSPS) is 17.7. The molecule has 0 saturated carbocycles. The van der Waals surface area contributed by atoms with E-state index in [1.54, 1.807) is 0 Å². The maximum absolute atomic E-state index is 13.8. The second kappa shape index (κ2) is 11.7. The molecule has 1 amide bonds. The molecule has 3 rings (SSSR count). The van der Waals surface area contributed by atoms with Crippen molar-refractivity contribution in [1.82, 2.24) is 20.5 Å². The minimum absolute atomic E-state index is 0.0235. The van der Waals surface area contributed by atoms with Gasteiger partial charge in [0.15, 0.2) is 15.6 Å². The van der Waals surface area contributed by atoms with Gasteiger partial charge in [-0.25, -0.2) is 13.2 Å². The number of benzene rings is 1. The van der Waals surface area contributed by atoms with Gasteiger partial charge in [0.05, 0.1) is 17.0 Å². The number of halogens is 4. The van der Waals surface area contributed by atoms with E-state index in [4.69, 9.17) is 25.5 Å². The van der Waals surface area contributed by atoms with Gasteiger partial charge < -0.3 is 24.2 Å². The highest BCUT2D eigenvalue weighted by atomic mass is 35.5. The van der Waals surface area contributed by atoms with Crippen LogP contribution in [-0.2, 0) is 4.79 Å². The van der Waals surface area contributed by atoms with E-state index in [0.29, 0.717) is 18.5 Å². The predicted molar refractivity (Wildman–Crippen MR) is 120 cm³/mol. The van der Waals surface area contributed by atoms with Gasteiger partial charge in [-0.05, 0) is 24.6 Å². The summed E-state index contributed by atoms with van der Waals surface area (Å²) in [5.41, 5.74) is 0.